The maximum Gasteiger partial charge on any atom is 0.169 e. The summed E-state index contributed by atoms with van der Waals surface area (Å²) in [5.41, 5.74) is 0. The van der Waals surface area contributed by atoms with E-state index in [1.54, 1.807) is 6.92 Å². The fraction of sp³-hybridized carbons (Fsp3) is 0.885. The molecule has 0 aliphatic carbocycles. The molecule has 30 heavy (non-hydrogen) atoms. The molecule has 0 saturated carbocycles. The molecule has 2 rings (SSSR count). The van der Waals surface area contributed by atoms with Crippen molar-refractivity contribution in [1.82, 2.24) is 0 Å². The highest BCUT2D eigenvalue weighted by atomic mass is 16.7. The largest absolute Gasteiger partial charge is 0.392 e. The lowest BCUT2D eigenvalue weighted by Crippen LogP contribution is -2.53. The van der Waals surface area contributed by atoms with Gasteiger partial charge in [-0.2, -0.15) is 0 Å². The van der Waals surface area contributed by atoms with Crippen LogP contribution in [0.25, 0.3) is 0 Å². The van der Waals surface area contributed by atoms with Gasteiger partial charge < -0.3 is 14.6 Å². The molecule has 0 aromatic rings. The maximum atomic E-state index is 11.6. The topological polar surface area (TPSA) is 55.8 Å². The first-order chi connectivity index (χ1) is 14.1. The Kier molecular flexibility index (Phi) is 9.57. The molecular weight excluding hydrogens is 376 g/mol. The van der Waals surface area contributed by atoms with E-state index in [0.717, 1.165) is 44.9 Å². The Bertz CT molecular complexity index is 557. The van der Waals surface area contributed by atoms with Crippen LogP contribution in [0.15, 0.2) is 12.7 Å². The number of carbonyl (C=O) groups is 1. The second kappa shape index (κ2) is 11.2. The monoisotopic (exact) mass is 422 g/mol. The van der Waals surface area contributed by atoms with E-state index in [4.69, 9.17) is 9.47 Å². The molecule has 1 spiro atoms. The van der Waals surface area contributed by atoms with Gasteiger partial charge in [0, 0.05) is 18.8 Å². The van der Waals surface area contributed by atoms with Crippen molar-refractivity contribution in [2.75, 3.05) is 0 Å². The van der Waals surface area contributed by atoms with E-state index < -0.39 is 11.9 Å². The number of allylic oxidation sites excluding steroid dienone is 1. The minimum Gasteiger partial charge on any atom is -0.392 e. The van der Waals surface area contributed by atoms with Gasteiger partial charge in [0.05, 0.1) is 18.3 Å². The second-order valence-corrected chi connectivity index (χ2v) is 10.5. The molecule has 2 heterocycles. The smallest absolute Gasteiger partial charge is 0.169 e. The normalized spacial score (nSPS) is 36.1. The quantitative estimate of drug-likeness (QED) is 0.444. The van der Waals surface area contributed by atoms with Gasteiger partial charge >= 0.3 is 0 Å². The fourth-order valence-corrected chi connectivity index (χ4v) is 5.07. The van der Waals surface area contributed by atoms with Crippen molar-refractivity contribution in [2.24, 2.45) is 29.6 Å². The number of aliphatic hydroxyl groups is 1. The van der Waals surface area contributed by atoms with Crippen molar-refractivity contribution in [2.45, 2.75) is 117 Å². The van der Waals surface area contributed by atoms with Crippen LogP contribution in [0.5, 0.6) is 0 Å². The van der Waals surface area contributed by atoms with Crippen LogP contribution in [-0.4, -0.2) is 35.0 Å². The molecule has 174 valence electrons. The van der Waals surface area contributed by atoms with Crippen LogP contribution in [0.3, 0.4) is 0 Å². The summed E-state index contributed by atoms with van der Waals surface area (Å²) in [6.45, 7) is 16.3. The molecule has 2 saturated heterocycles. The van der Waals surface area contributed by atoms with Crippen molar-refractivity contribution in [3.63, 3.8) is 0 Å². The van der Waals surface area contributed by atoms with E-state index >= 15 is 0 Å². The van der Waals surface area contributed by atoms with Crippen LogP contribution in [-0.2, 0) is 14.3 Å². The molecule has 0 radical (unpaired) electrons. The summed E-state index contributed by atoms with van der Waals surface area (Å²) in [7, 11) is 0. The molecule has 4 heteroatoms. The third-order valence-electron chi connectivity index (χ3n) is 7.88. The highest BCUT2D eigenvalue weighted by Crippen LogP contribution is 2.45. The van der Waals surface area contributed by atoms with Gasteiger partial charge in [0.15, 0.2) is 5.79 Å². The Morgan fingerprint density at radius 2 is 1.73 bits per heavy atom. The van der Waals surface area contributed by atoms with Crippen LogP contribution in [0, 0.1) is 29.6 Å². The van der Waals surface area contributed by atoms with E-state index in [0.29, 0.717) is 30.1 Å². The third kappa shape index (κ3) is 6.64. The fourth-order valence-electron chi connectivity index (χ4n) is 5.07. The second-order valence-electron chi connectivity index (χ2n) is 10.5. The molecule has 2 fully saturated rings. The zero-order chi connectivity index (χ0) is 22.5. The molecule has 0 aromatic heterocycles. The van der Waals surface area contributed by atoms with Crippen LogP contribution < -0.4 is 0 Å². The minimum atomic E-state index is -0.569. The molecule has 1 N–H and O–H groups in total. The summed E-state index contributed by atoms with van der Waals surface area (Å²) in [5, 5.41) is 10.3. The molecule has 0 amide bonds. The molecule has 2 aliphatic heterocycles. The summed E-state index contributed by atoms with van der Waals surface area (Å²) >= 11 is 0. The molecule has 0 bridgehead atoms. The van der Waals surface area contributed by atoms with E-state index in [1.807, 2.05) is 13.0 Å². The van der Waals surface area contributed by atoms with Crippen LogP contribution in [0.1, 0.15) is 92.9 Å². The first kappa shape index (κ1) is 25.5. The lowest BCUT2D eigenvalue weighted by atomic mass is 9.79. The van der Waals surface area contributed by atoms with Gasteiger partial charge in [-0.3, -0.25) is 4.79 Å². The number of hydrogen-bond donors (Lipinski definition) is 1. The van der Waals surface area contributed by atoms with E-state index in [2.05, 4.69) is 34.3 Å². The number of rotatable bonds is 10. The van der Waals surface area contributed by atoms with Crippen LogP contribution in [0.4, 0.5) is 0 Å². The summed E-state index contributed by atoms with van der Waals surface area (Å²) in [6, 6.07) is 0. The molecule has 0 aromatic carbocycles. The summed E-state index contributed by atoms with van der Waals surface area (Å²) in [5.74, 6) is 1.21. The SMILES string of the molecule is C=C[C@@H](C)CC[C@@H]1OC2(CC[C@H]1C)CC[C@H](C)[C@H]([C@H](C)CC[C@H](O)[C@H](C)C(C)=O)O2. The highest BCUT2D eigenvalue weighted by Gasteiger charge is 2.47. The Morgan fingerprint density at radius 1 is 1.10 bits per heavy atom. The van der Waals surface area contributed by atoms with Gasteiger partial charge in [-0.15, -0.1) is 6.58 Å². The van der Waals surface area contributed by atoms with Crippen molar-refractivity contribution in [3.8, 4) is 0 Å². The van der Waals surface area contributed by atoms with Crippen molar-refractivity contribution >= 4 is 5.78 Å². The number of ketones is 1. The van der Waals surface area contributed by atoms with E-state index in [9.17, 15) is 9.90 Å². The van der Waals surface area contributed by atoms with Crippen molar-refractivity contribution < 1.29 is 19.4 Å². The van der Waals surface area contributed by atoms with Gasteiger partial charge in [0.2, 0.25) is 0 Å². The van der Waals surface area contributed by atoms with Gasteiger partial charge in [0.25, 0.3) is 0 Å². The molecule has 2 aliphatic rings. The first-order valence-corrected chi connectivity index (χ1v) is 12.2. The summed E-state index contributed by atoms with van der Waals surface area (Å²) < 4.78 is 13.4. The summed E-state index contributed by atoms with van der Waals surface area (Å²) in [4.78, 5) is 11.6. The predicted molar refractivity (Wildman–Crippen MR) is 122 cm³/mol. The Balaban J connectivity index is 1.97. The number of ether oxygens (including phenoxy) is 2. The highest BCUT2D eigenvalue weighted by molar-refractivity contribution is 5.78. The molecule has 9 atom stereocenters. The average Bonchev–Trinajstić information content (AvgIpc) is 2.73. The lowest BCUT2D eigenvalue weighted by Gasteiger charge is -2.51. The standard InChI is InChI=1S/C26H46O4/c1-8-17(2)9-12-24-18(3)13-15-26(29-24)16-14-20(5)25(30-26)19(4)10-11-23(28)21(6)22(7)27/h8,17-21,23-25,28H,1,9-16H2,2-7H3/t17-,18-,19-,20+,21-,23+,24+,25+,26?/m1/s1. The van der Waals surface area contributed by atoms with E-state index in [1.165, 1.54) is 0 Å². The van der Waals surface area contributed by atoms with Gasteiger partial charge in [-0.1, -0.05) is 40.7 Å². The molecular formula is C26H46O4. The van der Waals surface area contributed by atoms with Gasteiger partial charge in [-0.05, 0) is 69.1 Å². The van der Waals surface area contributed by atoms with Crippen molar-refractivity contribution in [3.05, 3.63) is 12.7 Å². The Labute approximate surface area is 184 Å². The van der Waals surface area contributed by atoms with Crippen LogP contribution >= 0.6 is 0 Å². The van der Waals surface area contributed by atoms with Gasteiger partial charge in [-0.25, -0.2) is 0 Å². The number of carbonyl (C=O) groups excluding carboxylic acids is 1. The lowest BCUT2D eigenvalue weighted by molar-refractivity contribution is -0.338. The Hall–Kier alpha value is -0.710. The maximum absolute atomic E-state index is 11.6. The van der Waals surface area contributed by atoms with Gasteiger partial charge in [0.1, 0.15) is 5.78 Å². The minimum absolute atomic E-state index is 0.0536. The number of aliphatic hydroxyl groups excluding tert-OH is 1. The van der Waals surface area contributed by atoms with Crippen molar-refractivity contribution in [1.29, 1.82) is 0 Å². The third-order valence-corrected chi connectivity index (χ3v) is 7.88. The first-order valence-electron chi connectivity index (χ1n) is 12.2. The zero-order valence-electron chi connectivity index (χ0n) is 20.2. The molecule has 1 unspecified atom stereocenters. The average molecular weight is 423 g/mol. The Morgan fingerprint density at radius 3 is 2.33 bits per heavy atom. The van der Waals surface area contributed by atoms with E-state index in [-0.39, 0.29) is 23.9 Å². The van der Waals surface area contributed by atoms with Crippen LogP contribution in [0.2, 0.25) is 0 Å². The number of hydrogen-bond acceptors (Lipinski definition) is 4. The number of Topliss-reactive ketones (excluding diaryl/α,β-unsaturated/α-hetero) is 1. The predicted octanol–water partition coefficient (Wildman–Crippen LogP) is 5.92. The summed E-state index contributed by atoms with van der Waals surface area (Å²) in [6.07, 6.45) is 9.74. The molecule has 4 nitrogen and oxygen atoms in total. The zero-order valence-corrected chi connectivity index (χ0v) is 20.2.